The SMILES string of the molecule is CC(=O)Nc1cc(Oc2ccc3nc(Nc4cc(C(C)(C)C)n([C@@H]5CCN(CCF)C5)n4)n(C)c3c2Cl)ccn1. The zero-order chi connectivity index (χ0) is 28.6. The summed E-state index contributed by atoms with van der Waals surface area (Å²) in [7, 11) is 1.88. The zero-order valence-corrected chi connectivity index (χ0v) is 24.1. The van der Waals surface area contributed by atoms with Crippen LogP contribution in [0.15, 0.2) is 36.5 Å². The molecule has 212 valence electrons. The van der Waals surface area contributed by atoms with Crippen molar-refractivity contribution in [1.82, 2.24) is 29.2 Å². The minimum atomic E-state index is -0.340. The van der Waals surface area contributed by atoms with Crippen LogP contribution < -0.4 is 15.4 Å². The highest BCUT2D eigenvalue weighted by molar-refractivity contribution is 6.36. The molecule has 2 N–H and O–H groups in total. The van der Waals surface area contributed by atoms with E-state index in [2.05, 4.69) is 52.0 Å². The van der Waals surface area contributed by atoms with E-state index >= 15 is 0 Å². The maximum atomic E-state index is 12.9. The number of ether oxygens (including phenoxy) is 1. The van der Waals surface area contributed by atoms with Gasteiger partial charge in [-0.3, -0.25) is 14.4 Å². The number of nitrogens with zero attached hydrogens (tertiary/aromatic N) is 6. The molecule has 0 aliphatic carbocycles. The van der Waals surface area contributed by atoms with E-state index in [9.17, 15) is 9.18 Å². The lowest BCUT2D eigenvalue weighted by Crippen LogP contribution is -2.26. The number of benzene rings is 1. The van der Waals surface area contributed by atoms with Crippen molar-refractivity contribution in [2.45, 2.75) is 45.6 Å². The zero-order valence-electron chi connectivity index (χ0n) is 23.3. The maximum absolute atomic E-state index is 12.9. The number of aromatic nitrogens is 5. The van der Waals surface area contributed by atoms with Gasteiger partial charge in [0.15, 0.2) is 5.82 Å². The highest BCUT2D eigenvalue weighted by Gasteiger charge is 2.30. The molecule has 0 unspecified atom stereocenters. The molecular formula is C28H34ClFN8O2. The minimum Gasteiger partial charge on any atom is -0.456 e. The fraction of sp³-hybridized carbons (Fsp3) is 0.429. The van der Waals surface area contributed by atoms with Crippen molar-refractivity contribution in [2.24, 2.45) is 7.05 Å². The number of carbonyl (C=O) groups excluding carboxylic acids is 1. The number of hydrogen-bond donors (Lipinski definition) is 2. The number of likely N-dealkylation sites (tertiary alicyclic amines) is 1. The van der Waals surface area contributed by atoms with Gasteiger partial charge in [-0.25, -0.2) is 14.4 Å². The van der Waals surface area contributed by atoms with Crippen molar-refractivity contribution >= 4 is 46.1 Å². The molecule has 0 bridgehead atoms. The first-order valence-electron chi connectivity index (χ1n) is 13.3. The summed E-state index contributed by atoms with van der Waals surface area (Å²) in [4.78, 5) is 22.4. The van der Waals surface area contributed by atoms with Crippen LogP contribution in [0.2, 0.25) is 5.02 Å². The van der Waals surface area contributed by atoms with Gasteiger partial charge < -0.3 is 19.9 Å². The van der Waals surface area contributed by atoms with E-state index in [4.69, 9.17) is 26.4 Å². The van der Waals surface area contributed by atoms with Crippen LogP contribution in [-0.4, -0.2) is 61.4 Å². The number of pyridine rings is 1. The number of alkyl halides is 1. The lowest BCUT2D eigenvalue weighted by molar-refractivity contribution is -0.114. The molecule has 5 rings (SSSR count). The molecule has 1 aromatic carbocycles. The first-order valence-corrected chi connectivity index (χ1v) is 13.6. The van der Waals surface area contributed by atoms with Crippen LogP contribution in [0.1, 0.15) is 45.9 Å². The van der Waals surface area contributed by atoms with Gasteiger partial charge in [-0.1, -0.05) is 32.4 Å². The number of hydrogen-bond acceptors (Lipinski definition) is 7. The van der Waals surface area contributed by atoms with Gasteiger partial charge in [-0.05, 0) is 24.6 Å². The van der Waals surface area contributed by atoms with Crippen LogP contribution in [0, 0.1) is 0 Å². The maximum Gasteiger partial charge on any atom is 0.222 e. The summed E-state index contributed by atoms with van der Waals surface area (Å²) < 4.78 is 22.9. The van der Waals surface area contributed by atoms with Crippen molar-refractivity contribution in [3.05, 3.63) is 47.2 Å². The van der Waals surface area contributed by atoms with Gasteiger partial charge in [0, 0.05) is 63.0 Å². The quantitative estimate of drug-likeness (QED) is 0.276. The van der Waals surface area contributed by atoms with Crippen molar-refractivity contribution in [2.75, 3.05) is 36.9 Å². The average molecular weight is 569 g/mol. The Labute approximate surface area is 237 Å². The highest BCUT2D eigenvalue weighted by Crippen LogP contribution is 2.38. The normalized spacial score (nSPS) is 16.0. The Kier molecular flexibility index (Phi) is 7.70. The number of carbonyl (C=O) groups is 1. The molecule has 40 heavy (non-hydrogen) atoms. The lowest BCUT2D eigenvalue weighted by atomic mass is 9.91. The van der Waals surface area contributed by atoms with E-state index in [1.165, 1.54) is 6.92 Å². The predicted molar refractivity (Wildman–Crippen MR) is 155 cm³/mol. The summed E-state index contributed by atoms with van der Waals surface area (Å²) in [5.74, 6) is 2.36. The second-order valence-corrected chi connectivity index (χ2v) is 11.4. The molecule has 0 spiro atoms. The molecule has 3 aromatic heterocycles. The molecule has 0 saturated carbocycles. The standard InChI is InChI=1S/C28H34ClFN8O2/c1-17(39)32-23-14-19(8-11-31-23)40-21-7-6-20-26(25(21)29)36(5)27(33-20)34-24-15-22(28(2,3)4)38(35-24)18-9-12-37(16-18)13-10-30/h6-8,11,14-15,18H,9-10,12-13,16H2,1-5H3,(H,31,32,39)(H,33,34,35)/t18-/m1/s1. The highest BCUT2D eigenvalue weighted by atomic mass is 35.5. The predicted octanol–water partition coefficient (Wildman–Crippen LogP) is 5.83. The second kappa shape index (κ2) is 11.1. The topological polar surface area (TPSA) is 102 Å². The molecule has 1 atom stereocenters. The van der Waals surface area contributed by atoms with Gasteiger partial charge in [0.05, 0.1) is 17.1 Å². The monoisotopic (exact) mass is 568 g/mol. The summed E-state index contributed by atoms with van der Waals surface area (Å²) >= 11 is 6.80. The smallest absolute Gasteiger partial charge is 0.222 e. The van der Waals surface area contributed by atoms with Crippen LogP contribution in [0.3, 0.4) is 0 Å². The molecule has 1 fully saturated rings. The van der Waals surface area contributed by atoms with E-state index in [-0.39, 0.29) is 24.0 Å². The first kappa shape index (κ1) is 27.9. The summed E-state index contributed by atoms with van der Waals surface area (Å²) in [6.45, 7) is 9.67. The van der Waals surface area contributed by atoms with Gasteiger partial charge in [0.2, 0.25) is 11.9 Å². The third-order valence-electron chi connectivity index (χ3n) is 6.94. The number of fused-ring (bicyclic) bond motifs is 1. The summed E-state index contributed by atoms with van der Waals surface area (Å²) in [5.41, 5.74) is 2.37. The number of rotatable bonds is 8. The molecule has 0 radical (unpaired) electrons. The van der Waals surface area contributed by atoms with Crippen LogP contribution in [0.25, 0.3) is 11.0 Å². The number of nitrogens with one attached hydrogen (secondary N) is 2. The van der Waals surface area contributed by atoms with E-state index in [0.717, 1.165) is 25.2 Å². The van der Waals surface area contributed by atoms with Crippen LogP contribution in [-0.2, 0) is 17.3 Å². The third-order valence-corrected chi connectivity index (χ3v) is 7.31. The average Bonchev–Trinajstić information content (AvgIpc) is 3.59. The Morgan fingerprint density at radius 2 is 2.02 bits per heavy atom. The molecule has 4 aromatic rings. The van der Waals surface area contributed by atoms with Gasteiger partial charge in [0.1, 0.15) is 29.0 Å². The summed E-state index contributed by atoms with van der Waals surface area (Å²) in [6, 6.07) is 9.16. The lowest BCUT2D eigenvalue weighted by Gasteiger charge is -2.23. The van der Waals surface area contributed by atoms with Crippen LogP contribution >= 0.6 is 11.6 Å². The van der Waals surface area contributed by atoms with E-state index in [1.807, 2.05) is 17.7 Å². The molecule has 12 heteroatoms. The largest absolute Gasteiger partial charge is 0.456 e. The minimum absolute atomic E-state index is 0.130. The van der Waals surface area contributed by atoms with Gasteiger partial charge in [-0.15, -0.1) is 0 Å². The Morgan fingerprint density at radius 1 is 1.23 bits per heavy atom. The Balaban J connectivity index is 1.42. The van der Waals surface area contributed by atoms with E-state index in [0.29, 0.717) is 51.7 Å². The van der Waals surface area contributed by atoms with Crippen molar-refractivity contribution in [3.63, 3.8) is 0 Å². The Hall–Kier alpha value is -3.70. The van der Waals surface area contributed by atoms with Crippen molar-refractivity contribution in [3.8, 4) is 11.5 Å². The second-order valence-electron chi connectivity index (χ2n) is 11.1. The Bertz CT molecular complexity index is 1540. The summed E-state index contributed by atoms with van der Waals surface area (Å²) in [6.07, 6.45) is 2.48. The molecule has 10 nitrogen and oxygen atoms in total. The molecule has 4 heterocycles. The molecular weight excluding hydrogens is 535 g/mol. The van der Waals surface area contributed by atoms with Crippen LogP contribution in [0.4, 0.5) is 22.0 Å². The van der Waals surface area contributed by atoms with Crippen molar-refractivity contribution < 1.29 is 13.9 Å². The molecule has 1 saturated heterocycles. The number of aryl methyl sites for hydroxylation is 1. The van der Waals surface area contributed by atoms with E-state index in [1.54, 1.807) is 24.4 Å². The van der Waals surface area contributed by atoms with Crippen LogP contribution in [0.5, 0.6) is 11.5 Å². The molecule has 1 aliphatic heterocycles. The first-order chi connectivity index (χ1) is 19.0. The number of anilines is 3. The number of amides is 1. The molecule has 1 amide bonds. The summed E-state index contributed by atoms with van der Waals surface area (Å²) in [5, 5.41) is 11.3. The van der Waals surface area contributed by atoms with Crippen molar-refractivity contribution in [1.29, 1.82) is 0 Å². The van der Waals surface area contributed by atoms with Gasteiger partial charge in [-0.2, -0.15) is 5.10 Å². The van der Waals surface area contributed by atoms with Gasteiger partial charge >= 0.3 is 0 Å². The third kappa shape index (κ3) is 5.75. The fourth-order valence-corrected chi connectivity index (χ4v) is 5.35. The number of imidazole rings is 1. The fourth-order valence-electron chi connectivity index (χ4n) is 5.02. The van der Waals surface area contributed by atoms with E-state index < -0.39 is 0 Å². The Morgan fingerprint density at radius 3 is 2.75 bits per heavy atom. The van der Waals surface area contributed by atoms with Gasteiger partial charge in [0.25, 0.3) is 0 Å². The number of halogens is 2. The molecule has 1 aliphatic rings.